The van der Waals surface area contributed by atoms with Gasteiger partial charge in [-0.15, -0.1) is 0 Å². The van der Waals surface area contributed by atoms with Crippen molar-refractivity contribution in [2.45, 2.75) is 44.5 Å². The fourth-order valence-corrected chi connectivity index (χ4v) is 3.02. The van der Waals surface area contributed by atoms with Gasteiger partial charge in [0.15, 0.2) is 5.16 Å². The highest BCUT2D eigenvalue weighted by Crippen LogP contribution is 2.24. The van der Waals surface area contributed by atoms with Gasteiger partial charge in [0.2, 0.25) is 0 Å². The van der Waals surface area contributed by atoms with Crippen LogP contribution in [0.4, 0.5) is 10.6 Å². The molecule has 8 heteroatoms. The van der Waals surface area contributed by atoms with E-state index in [4.69, 9.17) is 16.3 Å². The molecule has 0 spiro atoms. The van der Waals surface area contributed by atoms with E-state index in [1.165, 1.54) is 11.8 Å². The molecular formula is C15H23ClN4O2S. The zero-order valence-corrected chi connectivity index (χ0v) is 15.7. The number of anilines is 1. The third-order valence-corrected chi connectivity index (χ3v) is 4.16. The van der Waals surface area contributed by atoms with Gasteiger partial charge in [0.25, 0.3) is 0 Å². The van der Waals surface area contributed by atoms with E-state index in [1.54, 1.807) is 11.0 Å². The molecule has 1 aromatic rings. The number of carbonyl (C=O) groups excluding carboxylic acids is 1. The number of carbonyl (C=O) groups is 1. The topological polar surface area (TPSA) is 58.6 Å². The number of hydrogen-bond acceptors (Lipinski definition) is 6. The number of amides is 1. The minimum Gasteiger partial charge on any atom is -0.444 e. The van der Waals surface area contributed by atoms with Gasteiger partial charge in [-0.05, 0) is 34.0 Å². The van der Waals surface area contributed by atoms with Crippen molar-refractivity contribution in [3.8, 4) is 0 Å². The highest BCUT2D eigenvalue weighted by atomic mass is 35.5. The lowest BCUT2D eigenvalue weighted by atomic mass is 10.2. The summed E-state index contributed by atoms with van der Waals surface area (Å²) in [6, 6.07) is 1.89. The van der Waals surface area contributed by atoms with Crippen molar-refractivity contribution in [3.63, 3.8) is 0 Å². The molecule has 0 saturated carbocycles. The zero-order chi connectivity index (χ0) is 17.2. The summed E-state index contributed by atoms with van der Waals surface area (Å²) in [5.41, 5.74) is -0.481. The normalized spacial score (nSPS) is 19.0. The maximum atomic E-state index is 12.2. The molecule has 1 fully saturated rings. The summed E-state index contributed by atoms with van der Waals surface area (Å²) in [5.74, 6) is 0.797. The van der Waals surface area contributed by atoms with Gasteiger partial charge in [0.05, 0.1) is 0 Å². The summed E-state index contributed by atoms with van der Waals surface area (Å²) in [7, 11) is 0. The van der Waals surface area contributed by atoms with Crippen LogP contribution in [0.1, 0.15) is 27.7 Å². The first-order valence-corrected chi connectivity index (χ1v) is 9.13. The van der Waals surface area contributed by atoms with Crippen LogP contribution < -0.4 is 4.90 Å². The molecule has 23 heavy (non-hydrogen) atoms. The predicted molar refractivity (Wildman–Crippen MR) is 93.4 cm³/mol. The molecule has 6 nitrogen and oxygen atoms in total. The van der Waals surface area contributed by atoms with Gasteiger partial charge in [-0.2, -0.15) is 0 Å². The number of rotatable bonds is 2. The van der Waals surface area contributed by atoms with E-state index in [0.29, 0.717) is 29.9 Å². The molecule has 1 aliphatic rings. The monoisotopic (exact) mass is 358 g/mol. The molecule has 128 valence electrons. The summed E-state index contributed by atoms with van der Waals surface area (Å²) in [4.78, 5) is 24.8. The standard InChI is InChI=1S/C15H23ClN4O2S/c1-10-9-19(14(21)22-15(2,3)4)6-7-20(10)12-8-11(16)17-13(18-12)23-5/h8,10H,6-7,9H2,1-5H3/t10-/m1/s1. The molecular weight excluding hydrogens is 336 g/mol. The van der Waals surface area contributed by atoms with Crippen LogP contribution in [0, 0.1) is 0 Å². The second-order valence-electron chi connectivity index (χ2n) is 6.50. The number of aromatic nitrogens is 2. The Kier molecular flexibility index (Phi) is 5.62. The molecule has 0 aromatic carbocycles. The summed E-state index contributed by atoms with van der Waals surface area (Å²) >= 11 is 7.53. The van der Waals surface area contributed by atoms with Crippen LogP contribution in [-0.2, 0) is 4.74 Å². The molecule has 1 amide bonds. The van der Waals surface area contributed by atoms with Crippen LogP contribution in [0.15, 0.2) is 11.2 Å². The smallest absolute Gasteiger partial charge is 0.410 e. The number of thioether (sulfide) groups is 1. The molecule has 2 rings (SSSR count). The van der Waals surface area contributed by atoms with Crippen molar-refractivity contribution >= 4 is 35.3 Å². The average Bonchev–Trinajstić information content (AvgIpc) is 2.44. The number of nitrogens with zero attached hydrogens (tertiary/aromatic N) is 4. The largest absolute Gasteiger partial charge is 0.444 e. The minimum atomic E-state index is -0.481. The number of piperazine rings is 1. The van der Waals surface area contributed by atoms with Crippen molar-refractivity contribution in [1.29, 1.82) is 0 Å². The van der Waals surface area contributed by atoms with E-state index < -0.39 is 5.60 Å². The molecule has 0 unspecified atom stereocenters. The van der Waals surface area contributed by atoms with E-state index in [9.17, 15) is 4.79 Å². The van der Waals surface area contributed by atoms with Crippen LogP contribution >= 0.6 is 23.4 Å². The van der Waals surface area contributed by atoms with E-state index in [1.807, 2.05) is 27.0 Å². The number of halogens is 1. The van der Waals surface area contributed by atoms with Gasteiger partial charge in [-0.3, -0.25) is 0 Å². The first kappa shape index (κ1) is 18.1. The quantitative estimate of drug-likeness (QED) is 0.459. The van der Waals surface area contributed by atoms with Gasteiger partial charge in [0, 0.05) is 31.7 Å². The van der Waals surface area contributed by atoms with E-state index >= 15 is 0 Å². The second-order valence-corrected chi connectivity index (χ2v) is 7.66. The van der Waals surface area contributed by atoms with Gasteiger partial charge >= 0.3 is 6.09 Å². The van der Waals surface area contributed by atoms with Crippen molar-refractivity contribution in [2.75, 3.05) is 30.8 Å². The minimum absolute atomic E-state index is 0.122. The van der Waals surface area contributed by atoms with Crippen LogP contribution in [-0.4, -0.2) is 58.5 Å². The Morgan fingerprint density at radius 1 is 1.39 bits per heavy atom. The molecule has 0 radical (unpaired) electrons. The summed E-state index contributed by atoms with van der Waals surface area (Å²) in [6.45, 7) is 9.54. The van der Waals surface area contributed by atoms with Crippen molar-refractivity contribution < 1.29 is 9.53 Å². The van der Waals surface area contributed by atoms with E-state index in [2.05, 4.69) is 21.8 Å². The van der Waals surface area contributed by atoms with Crippen molar-refractivity contribution in [2.24, 2.45) is 0 Å². The second kappa shape index (κ2) is 7.13. The van der Waals surface area contributed by atoms with E-state index in [0.717, 1.165) is 5.82 Å². The highest BCUT2D eigenvalue weighted by Gasteiger charge is 2.30. The zero-order valence-electron chi connectivity index (χ0n) is 14.2. The molecule has 1 saturated heterocycles. The Labute approximate surface area is 146 Å². The Hall–Kier alpha value is -1.21. The van der Waals surface area contributed by atoms with Crippen LogP contribution in [0.25, 0.3) is 0 Å². The Bertz CT molecular complexity index is 579. The lowest BCUT2D eigenvalue weighted by molar-refractivity contribution is 0.0218. The molecule has 2 heterocycles. The number of ether oxygens (including phenoxy) is 1. The molecule has 1 atom stereocenters. The van der Waals surface area contributed by atoms with Crippen LogP contribution in [0.3, 0.4) is 0 Å². The lowest BCUT2D eigenvalue weighted by Gasteiger charge is -2.40. The van der Waals surface area contributed by atoms with Gasteiger partial charge in [-0.1, -0.05) is 23.4 Å². The maximum absolute atomic E-state index is 12.2. The fraction of sp³-hybridized carbons (Fsp3) is 0.667. The first-order chi connectivity index (χ1) is 10.7. The molecule has 1 aliphatic heterocycles. The van der Waals surface area contributed by atoms with E-state index in [-0.39, 0.29) is 12.1 Å². The molecule has 0 bridgehead atoms. The summed E-state index contributed by atoms with van der Waals surface area (Å²) < 4.78 is 5.44. The maximum Gasteiger partial charge on any atom is 0.410 e. The fourth-order valence-electron chi connectivity index (χ4n) is 2.41. The SMILES string of the molecule is CSc1nc(Cl)cc(N2CCN(C(=O)OC(C)(C)C)C[C@H]2C)n1. The van der Waals surface area contributed by atoms with Crippen molar-refractivity contribution in [3.05, 3.63) is 11.2 Å². The molecule has 0 N–H and O–H groups in total. The Balaban J connectivity index is 2.07. The number of hydrogen-bond donors (Lipinski definition) is 0. The predicted octanol–water partition coefficient (Wildman–Crippen LogP) is 3.30. The van der Waals surface area contributed by atoms with Crippen molar-refractivity contribution in [1.82, 2.24) is 14.9 Å². The first-order valence-electron chi connectivity index (χ1n) is 7.53. The average molecular weight is 359 g/mol. The van der Waals surface area contributed by atoms with Gasteiger partial charge in [0.1, 0.15) is 16.6 Å². The Morgan fingerprint density at radius 2 is 2.09 bits per heavy atom. The third-order valence-electron chi connectivity index (χ3n) is 3.42. The highest BCUT2D eigenvalue weighted by molar-refractivity contribution is 7.98. The molecule has 0 aliphatic carbocycles. The lowest BCUT2D eigenvalue weighted by Crippen LogP contribution is -2.54. The van der Waals surface area contributed by atoms with Gasteiger partial charge < -0.3 is 14.5 Å². The summed E-state index contributed by atoms with van der Waals surface area (Å²) in [6.07, 6.45) is 1.65. The molecule has 1 aromatic heterocycles. The third kappa shape index (κ3) is 4.88. The van der Waals surface area contributed by atoms with Crippen LogP contribution in [0.2, 0.25) is 5.15 Å². The summed E-state index contributed by atoms with van der Waals surface area (Å²) in [5, 5.41) is 1.08. The van der Waals surface area contributed by atoms with Gasteiger partial charge in [-0.25, -0.2) is 14.8 Å². The van der Waals surface area contributed by atoms with Crippen LogP contribution in [0.5, 0.6) is 0 Å². The Morgan fingerprint density at radius 3 is 2.65 bits per heavy atom.